The standard InChI is InChI=1S/C11H15N3O4/c1-7(2)18-10-4-3-8(6-11(15)13-12)5-9(10)14(16)17/h3-5,7H,6,12H2,1-2H3,(H,13,15). The van der Waals surface area contributed by atoms with Crippen molar-refractivity contribution in [2.75, 3.05) is 0 Å². The van der Waals surface area contributed by atoms with Crippen molar-refractivity contribution < 1.29 is 14.5 Å². The van der Waals surface area contributed by atoms with Crippen molar-refractivity contribution >= 4 is 11.6 Å². The molecule has 0 atom stereocenters. The van der Waals surface area contributed by atoms with Crippen LogP contribution in [0.3, 0.4) is 0 Å². The van der Waals surface area contributed by atoms with E-state index in [1.807, 2.05) is 5.43 Å². The van der Waals surface area contributed by atoms with E-state index in [-0.39, 0.29) is 24.0 Å². The number of rotatable bonds is 5. The molecule has 7 heteroatoms. The number of carbonyl (C=O) groups is 1. The molecule has 0 saturated heterocycles. The summed E-state index contributed by atoms with van der Waals surface area (Å²) in [4.78, 5) is 21.5. The maximum Gasteiger partial charge on any atom is 0.311 e. The molecule has 0 unspecified atom stereocenters. The van der Waals surface area contributed by atoms with Crippen LogP contribution < -0.4 is 16.0 Å². The summed E-state index contributed by atoms with van der Waals surface area (Å²) in [6.45, 7) is 3.55. The van der Waals surface area contributed by atoms with Crippen LogP contribution in [0.25, 0.3) is 0 Å². The molecule has 0 radical (unpaired) electrons. The van der Waals surface area contributed by atoms with Gasteiger partial charge < -0.3 is 4.74 Å². The first-order chi connectivity index (χ1) is 8.43. The highest BCUT2D eigenvalue weighted by Gasteiger charge is 2.17. The number of hydrazine groups is 1. The van der Waals surface area contributed by atoms with Crippen LogP contribution in [-0.2, 0) is 11.2 Å². The lowest BCUT2D eigenvalue weighted by atomic mass is 10.1. The van der Waals surface area contributed by atoms with Gasteiger partial charge in [0.2, 0.25) is 5.91 Å². The third-order valence-electron chi connectivity index (χ3n) is 2.11. The molecule has 0 bridgehead atoms. The molecule has 0 fully saturated rings. The smallest absolute Gasteiger partial charge is 0.311 e. The number of carbonyl (C=O) groups excluding carboxylic acids is 1. The lowest BCUT2D eigenvalue weighted by molar-refractivity contribution is -0.386. The van der Waals surface area contributed by atoms with Crippen molar-refractivity contribution in [1.82, 2.24) is 5.43 Å². The van der Waals surface area contributed by atoms with Crippen LogP contribution in [0.1, 0.15) is 19.4 Å². The number of nitrogens with two attached hydrogens (primary N) is 1. The second-order valence-corrected chi connectivity index (χ2v) is 3.97. The average molecular weight is 253 g/mol. The SMILES string of the molecule is CC(C)Oc1ccc(CC(=O)NN)cc1[N+](=O)[O-]. The predicted molar refractivity (Wildman–Crippen MR) is 64.9 cm³/mol. The number of nitro groups is 1. The maximum absolute atomic E-state index is 11.1. The van der Waals surface area contributed by atoms with Crippen molar-refractivity contribution in [2.45, 2.75) is 26.4 Å². The van der Waals surface area contributed by atoms with E-state index in [9.17, 15) is 14.9 Å². The van der Waals surface area contributed by atoms with Gasteiger partial charge in [-0.2, -0.15) is 0 Å². The molecule has 98 valence electrons. The number of benzene rings is 1. The molecule has 0 aliphatic rings. The Morgan fingerprint density at radius 1 is 1.56 bits per heavy atom. The number of ether oxygens (including phenoxy) is 1. The molecule has 0 heterocycles. The van der Waals surface area contributed by atoms with E-state index in [2.05, 4.69) is 0 Å². The summed E-state index contributed by atoms with van der Waals surface area (Å²) in [5.41, 5.74) is 2.31. The van der Waals surface area contributed by atoms with Crippen LogP contribution >= 0.6 is 0 Å². The minimum atomic E-state index is -0.540. The summed E-state index contributed by atoms with van der Waals surface area (Å²) < 4.78 is 5.33. The molecule has 0 aliphatic heterocycles. The van der Waals surface area contributed by atoms with Crippen LogP contribution in [0.5, 0.6) is 5.75 Å². The van der Waals surface area contributed by atoms with Gasteiger partial charge in [0, 0.05) is 6.07 Å². The number of nitrogens with zero attached hydrogens (tertiary/aromatic N) is 1. The molecule has 0 aromatic heterocycles. The molecular weight excluding hydrogens is 238 g/mol. The van der Waals surface area contributed by atoms with Gasteiger partial charge >= 0.3 is 5.69 Å². The van der Waals surface area contributed by atoms with E-state index in [1.165, 1.54) is 12.1 Å². The summed E-state index contributed by atoms with van der Waals surface area (Å²) in [6, 6.07) is 4.39. The van der Waals surface area contributed by atoms with Crippen LogP contribution in [-0.4, -0.2) is 16.9 Å². The van der Waals surface area contributed by atoms with Crippen molar-refractivity contribution in [3.8, 4) is 5.75 Å². The van der Waals surface area contributed by atoms with E-state index >= 15 is 0 Å². The molecule has 0 saturated carbocycles. The van der Waals surface area contributed by atoms with Crippen LogP contribution in [0.2, 0.25) is 0 Å². The number of hydrogen-bond acceptors (Lipinski definition) is 5. The number of hydrogen-bond donors (Lipinski definition) is 2. The van der Waals surface area contributed by atoms with Gasteiger partial charge in [-0.05, 0) is 25.5 Å². The van der Waals surface area contributed by atoms with Crippen LogP contribution in [0, 0.1) is 10.1 Å². The van der Waals surface area contributed by atoms with Gasteiger partial charge in [-0.3, -0.25) is 20.3 Å². The lowest BCUT2D eigenvalue weighted by Gasteiger charge is -2.10. The normalized spacial score (nSPS) is 10.2. The van der Waals surface area contributed by atoms with Crippen molar-refractivity contribution in [2.24, 2.45) is 5.84 Å². The minimum absolute atomic E-state index is 0.0146. The molecule has 1 aromatic rings. The van der Waals surface area contributed by atoms with Crippen LogP contribution in [0.15, 0.2) is 18.2 Å². The molecule has 0 spiro atoms. The first kappa shape index (κ1) is 13.9. The third kappa shape index (κ3) is 3.70. The second kappa shape index (κ2) is 5.97. The summed E-state index contributed by atoms with van der Waals surface area (Å²) in [6.07, 6.45) is -0.180. The summed E-state index contributed by atoms with van der Waals surface area (Å²) >= 11 is 0. The Morgan fingerprint density at radius 2 is 2.22 bits per heavy atom. The Bertz CT molecular complexity index is 460. The molecule has 1 amide bonds. The highest BCUT2D eigenvalue weighted by Crippen LogP contribution is 2.28. The third-order valence-corrected chi connectivity index (χ3v) is 2.11. The number of amides is 1. The lowest BCUT2D eigenvalue weighted by Crippen LogP contribution is -2.31. The highest BCUT2D eigenvalue weighted by molar-refractivity contribution is 5.78. The number of nitrogens with one attached hydrogen (secondary N) is 1. The number of nitro benzene ring substituents is 1. The first-order valence-corrected chi connectivity index (χ1v) is 5.37. The highest BCUT2D eigenvalue weighted by atomic mass is 16.6. The van der Waals surface area contributed by atoms with Gasteiger partial charge in [0.1, 0.15) is 0 Å². The van der Waals surface area contributed by atoms with Crippen molar-refractivity contribution in [3.63, 3.8) is 0 Å². The Hall–Kier alpha value is -2.15. The van der Waals surface area contributed by atoms with E-state index in [0.717, 1.165) is 0 Å². The Morgan fingerprint density at radius 3 is 2.72 bits per heavy atom. The fourth-order valence-corrected chi connectivity index (χ4v) is 1.41. The molecule has 1 rings (SSSR count). The quantitative estimate of drug-likeness (QED) is 0.351. The van der Waals surface area contributed by atoms with Crippen molar-refractivity contribution in [1.29, 1.82) is 0 Å². The van der Waals surface area contributed by atoms with E-state index in [0.29, 0.717) is 5.56 Å². The topological polar surface area (TPSA) is 107 Å². The molecule has 0 aliphatic carbocycles. The molecule has 18 heavy (non-hydrogen) atoms. The zero-order chi connectivity index (χ0) is 13.7. The maximum atomic E-state index is 11.1. The Kier molecular flexibility index (Phi) is 4.61. The fourth-order valence-electron chi connectivity index (χ4n) is 1.41. The largest absolute Gasteiger partial charge is 0.484 e. The monoisotopic (exact) mass is 253 g/mol. The fraction of sp³-hybridized carbons (Fsp3) is 0.364. The van der Waals surface area contributed by atoms with Crippen LogP contribution in [0.4, 0.5) is 5.69 Å². The van der Waals surface area contributed by atoms with E-state index in [1.54, 1.807) is 19.9 Å². The first-order valence-electron chi connectivity index (χ1n) is 5.37. The van der Waals surface area contributed by atoms with E-state index < -0.39 is 10.8 Å². The van der Waals surface area contributed by atoms with Crippen molar-refractivity contribution in [3.05, 3.63) is 33.9 Å². The summed E-state index contributed by atoms with van der Waals surface area (Å²) in [5, 5.41) is 10.9. The molecule has 7 nitrogen and oxygen atoms in total. The summed E-state index contributed by atoms with van der Waals surface area (Å²) in [5.74, 6) is 4.73. The Labute approximate surface area is 104 Å². The van der Waals surface area contributed by atoms with E-state index in [4.69, 9.17) is 10.6 Å². The van der Waals surface area contributed by atoms with Gasteiger partial charge in [-0.25, -0.2) is 5.84 Å². The summed E-state index contributed by atoms with van der Waals surface area (Å²) in [7, 11) is 0. The zero-order valence-electron chi connectivity index (χ0n) is 10.2. The Balaban J connectivity index is 3.03. The van der Waals surface area contributed by atoms with Gasteiger partial charge in [-0.15, -0.1) is 0 Å². The minimum Gasteiger partial charge on any atom is -0.484 e. The zero-order valence-corrected chi connectivity index (χ0v) is 10.2. The van der Waals surface area contributed by atoms with Gasteiger partial charge in [-0.1, -0.05) is 6.07 Å². The van der Waals surface area contributed by atoms with Gasteiger partial charge in [0.15, 0.2) is 5.75 Å². The predicted octanol–water partition coefficient (Wildman–Crippen LogP) is 0.914. The second-order valence-electron chi connectivity index (χ2n) is 3.97. The molecular formula is C11H15N3O4. The van der Waals surface area contributed by atoms with Gasteiger partial charge in [0.05, 0.1) is 17.4 Å². The molecule has 3 N–H and O–H groups in total. The van der Waals surface area contributed by atoms with Gasteiger partial charge in [0.25, 0.3) is 0 Å². The average Bonchev–Trinajstić information content (AvgIpc) is 2.30. The molecule has 1 aromatic carbocycles.